The molecule has 5 heteroatoms. The Bertz CT molecular complexity index is 650. The summed E-state index contributed by atoms with van der Waals surface area (Å²) in [5.41, 5.74) is 7.99. The lowest BCUT2D eigenvalue weighted by Crippen LogP contribution is -2.08. The van der Waals surface area contributed by atoms with Gasteiger partial charge in [-0.1, -0.05) is 28.1 Å². The largest absolute Gasteiger partial charge is 0.488 e. The molecule has 1 atom stereocenters. The van der Waals surface area contributed by atoms with Crippen molar-refractivity contribution in [2.75, 3.05) is 0 Å². The summed E-state index contributed by atoms with van der Waals surface area (Å²) in [5, 5.41) is 9.01. The number of hydrogen-bond donors (Lipinski definition) is 1. The minimum Gasteiger partial charge on any atom is -0.488 e. The maximum Gasteiger partial charge on any atom is 0.147 e. The molecule has 1 aromatic carbocycles. The van der Waals surface area contributed by atoms with Gasteiger partial charge in [0.25, 0.3) is 0 Å². The molecule has 1 unspecified atom stereocenters. The van der Waals surface area contributed by atoms with Crippen LogP contribution in [0.1, 0.15) is 29.8 Å². The Kier molecular flexibility index (Phi) is 4.72. The van der Waals surface area contributed by atoms with Crippen LogP contribution in [0.2, 0.25) is 0 Å². The molecule has 20 heavy (non-hydrogen) atoms. The maximum absolute atomic E-state index is 9.01. The number of aromatic nitrogens is 1. The molecule has 0 aliphatic carbocycles. The van der Waals surface area contributed by atoms with Gasteiger partial charge in [-0.15, -0.1) is 0 Å². The lowest BCUT2D eigenvalue weighted by atomic mass is 10.1. The fraction of sp³-hybridized carbons (Fsp3) is 0.200. The number of benzene rings is 1. The SMILES string of the molecule is CC(N)c1ccc(Br)cc1OCc1cccnc1C#N. The predicted molar refractivity (Wildman–Crippen MR) is 80.0 cm³/mol. The number of nitrogens with two attached hydrogens (primary N) is 1. The van der Waals surface area contributed by atoms with Gasteiger partial charge in [-0.2, -0.15) is 5.26 Å². The molecule has 0 radical (unpaired) electrons. The number of pyridine rings is 1. The molecular formula is C15H14BrN3O. The molecule has 2 N–H and O–H groups in total. The van der Waals surface area contributed by atoms with Crippen molar-refractivity contribution in [2.24, 2.45) is 5.73 Å². The third-order valence-corrected chi connectivity index (χ3v) is 3.34. The summed E-state index contributed by atoms with van der Waals surface area (Å²) in [6, 6.07) is 11.3. The van der Waals surface area contributed by atoms with Crippen molar-refractivity contribution in [3.8, 4) is 11.8 Å². The Morgan fingerprint density at radius 2 is 2.25 bits per heavy atom. The molecule has 0 aliphatic rings. The van der Waals surface area contributed by atoms with Crippen LogP contribution in [0.5, 0.6) is 5.75 Å². The molecule has 0 saturated carbocycles. The number of ether oxygens (including phenoxy) is 1. The third-order valence-electron chi connectivity index (χ3n) is 2.85. The fourth-order valence-corrected chi connectivity index (χ4v) is 2.16. The molecule has 102 valence electrons. The second kappa shape index (κ2) is 6.51. The van der Waals surface area contributed by atoms with Crippen LogP contribution in [-0.4, -0.2) is 4.98 Å². The van der Waals surface area contributed by atoms with Crippen molar-refractivity contribution in [3.63, 3.8) is 0 Å². The van der Waals surface area contributed by atoms with Crippen LogP contribution in [0, 0.1) is 11.3 Å². The van der Waals surface area contributed by atoms with Crippen LogP contribution in [0.15, 0.2) is 41.0 Å². The molecule has 1 heterocycles. The van der Waals surface area contributed by atoms with Gasteiger partial charge in [0, 0.05) is 27.8 Å². The molecular weight excluding hydrogens is 318 g/mol. The predicted octanol–water partition coefficient (Wildman–Crippen LogP) is 3.31. The summed E-state index contributed by atoms with van der Waals surface area (Å²) >= 11 is 3.41. The third kappa shape index (κ3) is 3.35. The molecule has 0 fully saturated rings. The van der Waals surface area contributed by atoms with Crippen LogP contribution < -0.4 is 10.5 Å². The zero-order chi connectivity index (χ0) is 14.5. The number of halogens is 1. The number of rotatable bonds is 4. The van der Waals surface area contributed by atoms with Gasteiger partial charge in [-0.05, 0) is 25.1 Å². The zero-order valence-electron chi connectivity index (χ0n) is 11.0. The van der Waals surface area contributed by atoms with Crippen LogP contribution >= 0.6 is 15.9 Å². The van der Waals surface area contributed by atoms with Crippen LogP contribution in [0.4, 0.5) is 0 Å². The van der Waals surface area contributed by atoms with E-state index in [1.165, 1.54) is 0 Å². The van der Waals surface area contributed by atoms with Gasteiger partial charge in [0.2, 0.25) is 0 Å². The Morgan fingerprint density at radius 3 is 2.95 bits per heavy atom. The first kappa shape index (κ1) is 14.5. The van der Waals surface area contributed by atoms with Gasteiger partial charge < -0.3 is 10.5 Å². The van der Waals surface area contributed by atoms with E-state index in [0.29, 0.717) is 11.4 Å². The second-order valence-electron chi connectivity index (χ2n) is 4.38. The van der Waals surface area contributed by atoms with Crippen LogP contribution in [-0.2, 0) is 6.61 Å². The highest BCUT2D eigenvalue weighted by atomic mass is 79.9. The lowest BCUT2D eigenvalue weighted by Gasteiger charge is -2.14. The highest BCUT2D eigenvalue weighted by molar-refractivity contribution is 9.10. The van der Waals surface area contributed by atoms with Gasteiger partial charge in [0.1, 0.15) is 24.1 Å². The molecule has 0 saturated heterocycles. The Morgan fingerprint density at radius 1 is 1.45 bits per heavy atom. The first-order valence-electron chi connectivity index (χ1n) is 6.13. The van der Waals surface area contributed by atoms with Crippen molar-refractivity contribution < 1.29 is 4.74 Å². The standard InChI is InChI=1S/C15H14BrN3O/c1-10(18)13-5-4-12(16)7-15(13)20-9-11-3-2-6-19-14(11)8-17/h2-7,10H,9,18H2,1H3. The average Bonchev–Trinajstić information content (AvgIpc) is 2.45. The van der Waals surface area contributed by atoms with E-state index >= 15 is 0 Å². The van der Waals surface area contributed by atoms with Crippen molar-refractivity contribution in [3.05, 3.63) is 57.8 Å². The van der Waals surface area contributed by atoms with Gasteiger partial charge in [0.15, 0.2) is 0 Å². The summed E-state index contributed by atoms with van der Waals surface area (Å²) in [6.45, 7) is 2.19. The zero-order valence-corrected chi connectivity index (χ0v) is 12.6. The van der Waals surface area contributed by atoms with Crippen LogP contribution in [0.25, 0.3) is 0 Å². The van der Waals surface area contributed by atoms with E-state index in [-0.39, 0.29) is 12.6 Å². The molecule has 0 aliphatic heterocycles. The van der Waals surface area contributed by atoms with E-state index in [4.69, 9.17) is 15.7 Å². The van der Waals surface area contributed by atoms with Crippen molar-refractivity contribution in [1.82, 2.24) is 4.98 Å². The molecule has 2 aromatic rings. The number of hydrogen-bond acceptors (Lipinski definition) is 4. The summed E-state index contributed by atoms with van der Waals surface area (Å²) in [5.74, 6) is 0.710. The summed E-state index contributed by atoms with van der Waals surface area (Å²) < 4.78 is 6.73. The molecule has 0 amide bonds. The minimum atomic E-state index is -0.123. The molecule has 4 nitrogen and oxygen atoms in total. The highest BCUT2D eigenvalue weighted by Crippen LogP contribution is 2.28. The average molecular weight is 332 g/mol. The van der Waals surface area contributed by atoms with Crippen LogP contribution in [0.3, 0.4) is 0 Å². The van der Waals surface area contributed by atoms with E-state index in [9.17, 15) is 0 Å². The van der Waals surface area contributed by atoms with E-state index in [0.717, 1.165) is 15.6 Å². The van der Waals surface area contributed by atoms with Crippen molar-refractivity contribution in [2.45, 2.75) is 19.6 Å². The number of nitrogens with zero attached hydrogens (tertiary/aromatic N) is 2. The quantitative estimate of drug-likeness (QED) is 0.932. The normalized spacial score (nSPS) is 11.7. The van der Waals surface area contributed by atoms with Gasteiger partial charge >= 0.3 is 0 Å². The molecule has 2 rings (SSSR count). The van der Waals surface area contributed by atoms with Gasteiger partial charge in [0.05, 0.1) is 0 Å². The van der Waals surface area contributed by atoms with Crippen molar-refractivity contribution >= 4 is 15.9 Å². The van der Waals surface area contributed by atoms with E-state index in [1.54, 1.807) is 12.3 Å². The first-order chi connectivity index (χ1) is 9.61. The minimum absolute atomic E-state index is 0.123. The van der Waals surface area contributed by atoms with E-state index in [2.05, 4.69) is 27.0 Å². The van der Waals surface area contributed by atoms with Gasteiger partial charge in [-0.25, -0.2) is 4.98 Å². The summed E-state index contributed by atoms with van der Waals surface area (Å²) in [6.07, 6.45) is 1.59. The van der Waals surface area contributed by atoms with Gasteiger partial charge in [-0.3, -0.25) is 0 Å². The molecule has 1 aromatic heterocycles. The monoisotopic (exact) mass is 331 g/mol. The van der Waals surface area contributed by atoms with E-state index in [1.807, 2.05) is 31.2 Å². The Balaban J connectivity index is 2.23. The lowest BCUT2D eigenvalue weighted by molar-refractivity contribution is 0.300. The summed E-state index contributed by atoms with van der Waals surface area (Å²) in [4.78, 5) is 4.01. The molecule has 0 spiro atoms. The molecule has 0 bridgehead atoms. The Labute approximate surface area is 126 Å². The first-order valence-corrected chi connectivity index (χ1v) is 6.93. The van der Waals surface area contributed by atoms with E-state index < -0.39 is 0 Å². The van der Waals surface area contributed by atoms with Crippen molar-refractivity contribution in [1.29, 1.82) is 5.26 Å². The summed E-state index contributed by atoms with van der Waals surface area (Å²) in [7, 11) is 0. The second-order valence-corrected chi connectivity index (χ2v) is 5.30. The topological polar surface area (TPSA) is 71.9 Å². The highest BCUT2D eigenvalue weighted by Gasteiger charge is 2.10. The smallest absolute Gasteiger partial charge is 0.147 e. The maximum atomic E-state index is 9.01. The fourth-order valence-electron chi connectivity index (χ4n) is 1.82. The number of nitriles is 1. The Hall–Kier alpha value is -1.90.